The van der Waals surface area contributed by atoms with Gasteiger partial charge in [0.1, 0.15) is 18.1 Å². The van der Waals surface area contributed by atoms with Crippen LogP contribution in [-0.4, -0.2) is 59.5 Å². The Bertz CT molecular complexity index is 976. The van der Waals surface area contributed by atoms with Crippen molar-refractivity contribution in [1.82, 2.24) is 10.6 Å². The van der Waals surface area contributed by atoms with Crippen molar-refractivity contribution >= 4 is 11.9 Å². The highest BCUT2D eigenvalue weighted by Gasteiger charge is 2.41. The summed E-state index contributed by atoms with van der Waals surface area (Å²) in [4.78, 5) is 25.7. The van der Waals surface area contributed by atoms with Crippen LogP contribution in [0.1, 0.15) is 103 Å². The molecule has 0 amide bonds. The van der Waals surface area contributed by atoms with Gasteiger partial charge in [0.15, 0.2) is 6.29 Å². The van der Waals surface area contributed by atoms with E-state index < -0.39 is 12.2 Å². The molecular weight excluding hydrogens is 484 g/mol. The number of nitrogens with one attached hydrogen (secondary N) is 2. The number of hydrogen-bond donors (Lipinski definition) is 2. The third-order valence-corrected chi connectivity index (χ3v) is 7.51. The fraction of sp³-hybridized carbons (Fsp3) is 0.733. The van der Waals surface area contributed by atoms with Crippen molar-refractivity contribution < 1.29 is 28.5 Å². The Morgan fingerprint density at radius 3 is 1.58 bits per heavy atom. The lowest BCUT2D eigenvalue weighted by molar-refractivity contribution is -0.216. The summed E-state index contributed by atoms with van der Waals surface area (Å²) in [6, 6.07) is 7.11. The summed E-state index contributed by atoms with van der Waals surface area (Å²) < 4.78 is 23.5. The van der Waals surface area contributed by atoms with Crippen molar-refractivity contribution in [3.05, 3.63) is 35.4 Å². The van der Waals surface area contributed by atoms with Gasteiger partial charge in [0.25, 0.3) is 0 Å². The predicted molar refractivity (Wildman–Crippen MR) is 145 cm³/mol. The minimum absolute atomic E-state index is 0.0999. The van der Waals surface area contributed by atoms with Crippen molar-refractivity contribution in [2.75, 3.05) is 13.2 Å². The molecule has 3 heterocycles. The van der Waals surface area contributed by atoms with Crippen molar-refractivity contribution in [3.63, 3.8) is 0 Å². The first-order chi connectivity index (χ1) is 17.5. The van der Waals surface area contributed by atoms with Gasteiger partial charge in [0, 0.05) is 53.4 Å². The maximum Gasteiger partial charge on any atom is 0.338 e. The highest BCUT2D eigenvalue weighted by atomic mass is 16.7. The molecule has 8 heteroatoms. The van der Waals surface area contributed by atoms with Crippen LogP contribution >= 0.6 is 0 Å². The van der Waals surface area contributed by atoms with Crippen LogP contribution in [0, 0.1) is 5.92 Å². The molecule has 3 aliphatic heterocycles. The highest BCUT2D eigenvalue weighted by Crippen LogP contribution is 2.33. The molecule has 2 N–H and O–H groups in total. The van der Waals surface area contributed by atoms with Crippen molar-refractivity contribution in [2.24, 2.45) is 5.92 Å². The number of carbonyl (C=O) groups is 2. The van der Waals surface area contributed by atoms with E-state index in [2.05, 4.69) is 66.0 Å². The number of rotatable bonds is 5. The topological polar surface area (TPSA) is 95.1 Å². The standard InChI is InChI=1S/C30H46N2O6/c1-27(2)13-22(14-28(3,4)31-27)37-24(33)19-9-11-20(12-10-19)26-35-17-21(18-36-26)25(34)38-23-15-29(5,6)32-30(7,8)16-23/h9-12,21-23,26,31-32H,13-18H2,1-8H3. The highest BCUT2D eigenvalue weighted by molar-refractivity contribution is 5.89. The molecule has 1 aromatic carbocycles. The zero-order valence-corrected chi connectivity index (χ0v) is 24.3. The van der Waals surface area contributed by atoms with Crippen LogP contribution in [0.3, 0.4) is 0 Å². The minimum atomic E-state index is -0.591. The van der Waals surface area contributed by atoms with Crippen molar-refractivity contribution in [3.8, 4) is 0 Å². The monoisotopic (exact) mass is 530 g/mol. The normalized spacial score (nSPS) is 28.8. The minimum Gasteiger partial charge on any atom is -0.462 e. The van der Waals surface area contributed by atoms with E-state index in [9.17, 15) is 9.59 Å². The second kappa shape index (κ2) is 10.5. The molecule has 0 bridgehead atoms. The third-order valence-electron chi connectivity index (χ3n) is 7.51. The fourth-order valence-corrected chi connectivity index (χ4v) is 6.71. The Labute approximate surface area is 227 Å². The molecule has 8 nitrogen and oxygen atoms in total. The van der Waals surface area contributed by atoms with E-state index in [1.807, 2.05) is 12.1 Å². The second-order valence-corrected chi connectivity index (χ2v) is 14.0. The van der Waals surface area contributed by atoms with E-state index in [1.54, 1.807) is 12.1 Å². The van der Waals surface area contributed by atoms with Crippen LogP contribution < -0.4 is 10.6 Å². The van der Waals surface area contributed by atoms with Crippen LogP contribution in [-0.2, 0) is 23.7 Å². The number of benzene rings is 1. The van der Waals surface area contributed by atoms with Gasteiger partial charge < -0.3 is 29.6 Å². The second-order valence-electron chi connectivity index (χ2n) is 14.0. The summed E-state index contributed by atoms with van der Waals surface area (Å²) in [5.41, 5.74) is 0.884. The van der Waals surface area contributed by atoms with Gasteiger partial charge in [-0.25, -0.2) is 4.79 Å². The lowest BCUT2D eigenvalue weighted by atomic mass is 9.81. The zero-order chi connectivity index (χ0) is 27.9. The van der Waals surface area contributed by atoms with Crippen LogP contribution in [0.25, 0.3) is 0 Å². The Kier molecular flexibility index (Phi) is 8.03. The van der Waals surface area contributed by atoms with Gasteiger partial charge in [-0.1, -0.05) is 12.1 Å². The van der Waals surface area contributed by atoms with Crippen LogP contribution in [0.2, 0.25) is 0 Å². The molecule has 3 fully saturated rings. The average Bonchev–Trinajstić information content (AvgIpc) is 2.75. The summed E-state index contributed by atoms with van der Waals surface area (Å²) in [6.07, 6.45) is 2.19. The molecule has 3 aliphatic rings. The zero-order valence-electron chi connectivity index (χ0n) is 24.3. The first kappa shape index (κ1) is 29.0. The fourth-order valence-electron chi connectivity index (χ4n) is 6.71. The Morgan fingerprint density at radius 2 is 1.13 bits per heavy atom. The molecule has 0 spiro atoms. The molecule has 0 unspecified atom stereocenters. The van der Waals surface area contributed by atoms with Gasteiger partial charge in [0.2, 0.25) is 0 Å². The number of esters is 2. The Balaban J connectivity index is 1.27. The Morgan fingerprint density at radius 1 is 0.711 bits per heavy atom. The Hall–Kier alpha value is -2.00. The van der Waals surface area contributed by atoms with Crippen LogP contribution in [0.5, 0.6) is 0 Å². The summed E-state index contributed by atoms with van der Waals surface area (Å²) in [5.74, 6) is -1.06. The first-order valence-corrected chi connectivity index (χ1v) is 13.8. The molecule has 1 aromatic rings. The molecule has 38 heavy (non-hydrogen) atoms. The van der Waals surface area contributed by atoms with Gasteiger partial charge >= 0.3 is 11.9 Å². The molecule has 0 radical (unpaired) electrons. The SMILES string of the molecule is CC1(C)CC(OC(=O)c2ccc(C3OCC(C(=O)OC4CC(C)(C)NC(C)(C)C4)CO3)cc2)CC(C)(C)N1. The van der Waals surface area contributed by atoms with E-state index in [4.69, 9.17) is 18.9 Å². The number of carbonyl (C=O) groups excluding carboxylic acids is 2. The van der Waals surface area contributed by atoms with Crippen molar-refractivity contribution in [2.45, 2.75) is 122 Å². The molecule has 0 aliphatic carbocycles. The molecule has 4 rings (SSSR count). The number of hydrogen-bond acceptors (Lipinski definition) is 8. The quantitative estimate of drug-likeness (QED) is 0.531. The molecule has 0 aromatic heterocycles. The van der Waals surface area contributed by atoms with Crippen LogP contribution in [0.4, 0.5) is 0 Å². The molecule has 0 saturated carbocycles. The van der Waals surface area contributed by atoms with Gasteiger partial charge in [-0.05, 0) is 67.5 Å². The summed E-state index contributed by atoms with van der Waals surface area (Å²) in [5, 5.41) is 7.21. The third kappa shape index (κ3) is 7.56. The number of ether oxygens (including phenoxy) is 4. The van der Waals surface area contributed by atoms with E-state index in [0.29, 0.717) is 5.56 Å². The maximum absolute atomic E-state index is 12.8. The van der Waals surface area contributed by atoms with E-state index in [0.717, 1.165) is 31.2 Å². The molecule has 0 atom stereocenters. The summed E-state index contributed by atoms with van der Waals surface area (Å²) >= 11 is 0. The molecule has 212 valence electrons. The largest absolute Gasteiger partial charge is 0.462 e. The lowest BCUT2D eigenvalue weighted by Gasteiger charge is -2.46. The van der Waals surface area contributed by atoms with E-state index >= 15 is 0 Å². The van der Waals surface area contributed by atoms with Crippen LogP contribution in [0.15, 0.2) is 24.3 Å². The van der Waals surface area contributed by atoms with Gasteiger partial charge in [0.05, 0.1) is 18.8 Å². The van der Waals surface area contributed by atoms with E-state index in [1.165, 1.54) is 0 Å². The molecular formula is C30H46N2O6. The van der Waals surface area contributed by atoms with E-state index in [-0.39, 0.29) is 59.5 Å². The lowest BCUT2D eigenvalue weighted by Crippen LogP contribution is -2.60. The number of piperidine rings is 2. The predicted octanol–water partition coefficient (Wildman–Crippen LogP) is 4.67. The van der Waals surface area contributed by atoms with Gasteiger partial charge in [-0.2, -0.15) is 0 Å². The molecule has 3 saturated heterocycles. The van der Waals surface area contributed by atoms with Gasteiger partial charge in [-0.3, -0.25) is 4.79 Å². The van der Waals surface area contributed by atoms with Gasteiger partial charge in [-0.15, -0.1) is 0 Å². The first-order valence-electron chi connectivity index (χ1n) is 13.8. The maximum atomic E-state index is 12.8. The summed E-state index contributed by atoms with van der Waals surface area (Å²) in [6.45, 7) is 17.5. The summed E-state index contributed by atoms with van der Waals surface area (Å²) in [7, 11) is 0. The van der Waals surface area contributed by atoms with Crippen molar-refractivity contribution in [1.29, 1.82) is 0 Å². The smallest absolute Gasteiger partial charge is 0.338 e. The average molecular weight is 531 g/mol.